The van der Waals surface area contributed by atoms with Gasteiger partial charge in [0.2, 0.25) is 5.75 Å². The molecule has 1 aromatic heterocycles. The second-order valence-corrected chi connectivity index (χ2v) is 11.3. The summed E-state index contributed by atoms with van der Waals surface area (Å²) < 4.78 is 24.3. The molecule has 3 aromatic rings. The number of carbonyl (C=O) groups is 1. The minimum Gasteiger partial charge on any atom is -0.493 e. The van der Waals surface area contributed by atoms with E-state index in [0.717, 1.165) is 11.3 Å². The van der Waals surface area contributed by atoms with E-state index < -0.39 is 22.5 Å². The smallest absolute Gasteiger partial charge is 0.338 e. The van der Waals surface area contributed by atoms with Crippen molar-refractivity contribution in [1.29, 1.82) is 0 Å². The third kappa shape index (κ3) is 6.12. The zero-order valence-corrected chi connectivity index (χ0v) is 26.3. The van der Waals surface area contributed by atoms with Crippen LogP contribution in [0.1, 0.15) is 51.8 Å². The van der Waals surface area contributed by atoms with Gasteiger partial charge in [0.15, 0.2) is 16.3 Å². The number of carbonyl (C=O) groups excluding carboxylic acids is 1. The SMILES string of the molecule is CCOC(=O)C1=C(C)N=c2s/c(=C/c3cc(Br)c(OCC)c([N+](=O)[O-])c3)c(=O)n2[C@H]1c1ccc(OC(C)C)c(OC)c1. The van der Waals surface area contributed by atoms with Crippen LogP contribution in [0.3, 0.4) is 0 Å². The van der Waals surface area contributed by atoms with E-state index >= 15 is 0 Å². The number of fused-ring (bicyclic) bond motifs is 1. The molecule has 0 unspecified atom stereocenters. The molecular weight excluding hydrogens is 630 g/mol. The van der Waals surface area contributed by atoms with Gasteiger partial charge >= 0.3 is 11.7 Å². The fourth-order valence-corrected chi connectivity index (χ4v) is 6.20. The quantitative estimate of drug-likeness (QED) is 0.174. The van der Waals surface area contributed by atoms with Crippen molar-refractivity contribution in [3.63, 3.8) is 0 Å². The van der Waals surface area contributed by atoms with Crippen molar-refractivity contribution in [2.45, 2.75) is 46.8 Å². The number of nitro groups is 1. The summed E-state index contributed by atoms with van der Waals surface area (Å²) >= 11 is 4.46. The lowest BCUT2D eigenvalue weighted by molar-refractivity contribution is -0.385. The maximum atomic E-state index is 14.0. The first-order valence-electron chi connectivity index (χ1n) is 13.2. The van der Waals surface area contributed by atoms with Crippen LogP contribution in [0.4, 0.5) is 5.69 Å². The van der Waals surface area contributed by atoms with E-state index in [1.54, 1.807) is 51.1 Å². The number of esters is 1. The topological polar surface area (TPSA) is 131 Å². The summed E-state index contributed by atoms with van der Waals surface area (Å²) in [4.78, 5) is 43.3. The molecule has 42 heavy (non-hydrogen) atoms. The Bertz CT molecular complexity index is 1760. The van der Waals surface area contributed by atoms with Crippen molar-refractivity contribution < 1.29 is 28.7 Å². The molecule has 0 fully saturated rings. The van der Waals surface area contributed by atoms with E-state index in [0.29, 0.717) is 37.6 Å². The molecule has 0 N–H and O–H groups in total. The first kappa shape index (κ1) is 31.0. The fraction of sp³-hybridized carbons (Fsp3) is 0.345. The van der Waals surface area contributed by atoms with Crippen LogP contribution in [0, 0.1) is 10.1 Å². The zero-order chi connectivity index (χ0) is 30.7. The maximum absolute atomic E-state index is 14.0. The minimum atomic E-state index is -0.870. The molecule has 1 atom stereocenters. The summed E-state index contributed by atoms with van der Waals surface area (Å²) in [6, 6.07) is 7.35. The second kappa shape index (κ2) is 12.9. The summed E-state index contributed by atoms with van der Waals surface area (Å²) in [5, 5.41) is 11.7. The van der Waals surface area contributed by atoms with E-state index in [4.69, 9.17) is 18.9 Å². The van der Waals surface area contributed by atoms with Gasteiger partial charge in [0.05, 0.1) is 57.7 Å². The predicted molar refractivity (Wildman–Crippen MR) is 161 cm³/mol. The van der Waals surface area contributed by atoms with Gasteiger partial charge in [-0.3, -0.25) is 19.5 Å². The van der Waals surface area contributed by atoms with Gasteiger partial charge < -0.3 is 18.9 Å². The van der Waals surface area contributed by atoms with Crippen LogP contribution in [-0.2, 0) is 9.53 Å². The molecule has 1 aliphatic heterocycles. The van der Waals surface area contributed by atoms with E-state index in [1.165, 1.54) is 17.7 Å². The number of hydrogen-bond donors (Lipinski definition) is 0. The van der Waals surface area contributed by atoms with Crippen LogP contribution >= 0.6 is 27.3 Å². The zero-order valence-electron chi connectivity index (χ0n) is 23.9. The van der Waals surface area contributed by atoms with Crippen molar-refractivity contribution in [3.05, 3.63) is 87.0 Å². The van der Waals surface area contributed by atoms with Gasteiger partial charge in [-0.15, -0.1) is 0 Å². The molecular formula is C29H30BrN3O8S. The molecule has 0 saturated carbocycles. The summed E-state index contributed by atoms with van der Waals surface area (Å²) in [5.74, 6) is 0.470. The number of thiazole rings is 1. The standard InChI is InChI=1S/C29H30BrN3O8S/c1-7-39-26-19(30)11-17(12-20(26)33(36)37)13-23-27(34)32-25(18-9-10-21(41-15(3)4)22(14-18)38-6)24(28(35)40-8-2)16(5)31-29(32)42-23/h9-15,25H,7-8H2,1-6H3/b23-13+/t25-/m0/s1. The van der Waals surface area contributed by atoms with Gasteiger partial charge in [-0.1, -0.05) is 17.4 Å². The van der Waals surface area contributed by atoms with Crippen molar-refractivity contribution in [1.82, 2.24) is 4.57 Å². The van der Waals surface area contributed by atoms with Crippen molar-refractivity contribution in [2.75, 3.05) is 20.3 Å². The molecule has 11 nitrogen and oxygen atoms in total. The van der Waals surface area contributed by atoms with Gasteiger partial charge in [0.25, 0.3) is 5.56 Å². The number of nitro benzene ring substituents is 1. The first-order chi connectivity index (χ1) is 20.0. The molecule has 2 aromatic carbocycles. The van der Waals surface area contributed by atoms with Crippen molar-refractivity contribution >= 4 is 45.0 Å². The van der Waals surface area contributed by atoms with Crippen molar-refractivity contribution in [3.8, 4) is 17.2 Å². The Balaban J connectivity index is 1.95. The van der Waals surface area contributed by atoms with E-state index in [-0.39, 0.29) is 40.9 Å². The van der Waals surface area contributed by atoms with Gasteiger partial charge in [0.1, 0.15) is 0 Å². The number of rotatable bonds is 10. The summed E-state index contributed by atoms with van der Waals surface area (Å²) in [6.45, 7) is 9.30. The Hall–Kier alpha value is -3.97. The molecule has 4 rings (SSSR count). The van der Waals surface area contributed by atoms with Gasteiger partial charge in [-0.25, -0.2) is 9.79 Å². The lowest BCUT2D eigenvalue weighted by atomic mass is 9.95. The number of allylic oxidation sites excluding steroid dienone is 1. The van der Waals surface area contributed by atoms with Gasteiger partial charge in [0, 0.05) is 6.07 Å². The number of benzene rings is 2. The molecule has 13 heteroatoms. The molecule has 0 radical (unpaired) electrons. The molecule has 0 spiro atoms. The largest absolute Gasteiger partial charge is 0.493 e. The Morgan fingerprint density at radius 3 is 2.57 bits per heavy atom. The summed E-state index contributed by atoms with van der Waals surface area (Å²) in [6.07, 6.45) is 1.45. The van der Waals surface area contributed by atoms with Crippen LogP contribution < -0.4 is 29.1 Å². The van der Waals surface area contributed by atoms with E-state index in [2.05, 4.69) is 20.9 Å². The third-order valence-corrected chi connectivity index (χ3v) is 7.78. The monoisotopic (exact) mass is 659 g/mol. The number of aromatic nitrogens is 1. The Kier molecular flexibility index (Phi) is 9.52. The highest BCUT2D eigenvalue weighted by atomic mass is 79.9. The minimum absolute atomic E-state index is 0.0990. The average molecular weight is 661 g/mol. The third-order valence-electron chi connectivity index (χ3n) is 6.21. The van der Waals surface area contributed by atoms with Crippen LogP contribution in [-0.4, -0.2) is 41.9 Å². The van der Waals surface area contributed by atoms with Crippen LogP contribution in [0.5, 0.6) is 17.2 Å². The van der Waals surface area contributed by atoms with Gasteiger partial charge in [-0.2, -0.15) is 0 Å². The van der Waals surface area contributed by atoms with Gasteiger partial charge in [-0.05, 0) is 86.0 Å². The fourth-order valence-electron chi connectivity index (χ4n) is 4.57. The number of halogens is 1. The molecule has 0 amide bonds. The molecule has 1 aliphatic rings. The molecule has 0 aliphatic carbocycles. The molecule has 0 bridgehead atoms. The first-order valence-corrected chi connectivity index (χ1v) is 14.8. The van der Waals surface area contributed by atoms with Crippen LogP contribution in [0.15, 0.2) is 55.9 Å². The maximum Gasteiger partial charge on any atom is 0.338 e. The number of ether oxygens (including phenoxy) is 4. The number of hydrogen-bond acceptors (Lipinski definition) is 10. The number of methoxy groups -OCH3 is 1. The molecule has 0 saturated heterocycles. The Labute approximate surface area is 254 Å². The van der Waals surface area contributed by atoms with Crippen molar-refractivity contribution in [2.24, 2.45) is 4.99 Å². The lowest BCUT2D eigenvalue weighted by Crippen LogP contribution is -2.40. The van der Waals surface area contributed by atoms with E-state index in [9.17, 15) is 19.7 Å². The molecule has 2 heterocycles. The molecule has 222 valence electrons. The Morgan fingerprint density at radius 2 is 1.95 bits per heavy atom. The normalized spacial score (nSPS) is 14.9. The van der Waals surface area contributed by atoms with Crippen LogP contribution in [0.2, 0.25) is 0 Å². The average Bonchev–Trinajstić information content (AvgIpc) is 3.23. The summed E-state index contributed by atoms with van der Waals surface area (Å²) in [7, 11) is 1.51. The highest BCUT2D eigenvalue weighted by Gasteiger charge is 2.34. The van der Waals surface area contributed by atoms with E-state index in [1.807, 2.05) is 13.8 Å². The summed E-state index contributed by atoms with van der Waals surface area (Å²) in [5.41, 5.74) is 0.970. The lowest BCUT2D eigenvalue weighted by Gasteiger charge is -2.25. The highest BCUT2D eigenvalue weighted by Crippen LogP contribution is 2.38. The Morgan fingerprint density at radius 1 is 1.21 bits per heavy atom. The highest BCUT2D eigenvalue weighted by molar-refractivity contribution is 9.10. The second-order valence-electron chi connectivity index (χ2n) is 9.42. The predicted octanol–water partition coefficient (Wildman–Crippen LogP) is 4.66. The number of nitrogens with zero attached hydrogens (tertiary/aromatic N) is 3. The van der Waals surface area contributed by atoms with Crippen LogP contribution in [0.25, 0.3) is 6.08 Å².